The van der Waals surface area contributed by atoms with Gasteiger partial charge in [0.15, 0.2) is 0 Å². The van der Waals surface area contributed by atoms with Crippen molar-refractivity contribution in [3.05, 3.63) is 47.9 Å². The molecule has 4 fully saturated rings. The molecule has 5 heteroatoms. The molecule has 0 radical (unpaired) electrons. The van der Waals surface area contributed by atoms with Crippen LogP contribution >= 0.6 is 0 Å². The van der Waals surface area contributed by atoms with Crippen LogP contribution in [-0.4, -0.2) is 53.7 Å². The van der Waals surface area contributed by atoms with Gasteiger partial charge in [0.2, 0.25) is 0 Å². The maximum Gasteiger partial charge on any atom is 0.132 e. The van der Waals surface area contributed by atoms with Crippen LogP contribution in [-0.2, 0) is 6.42 Å². The van der Waals surface area contributed by atoms with Crippen LogP contribution in [0.4, 0.5) is 5.82 Å². The number of anilines is 1. The van der Waals surface area contributed by atoms with Gasteiger partial charge in [-0.25, -0.2) is 9.97 Å². The van der Waals surface area contributed by atoms with Crippen LogP contribution in [0.1, 0.15) is 36.9 Å². The van der Waals surface area contributed by atoms with E-state index in [9.17, 15) is 0 Å². The molecule has 4 saturated heterocycles. The first kappa shape index (κ1) is 17.0. The van der Waals surface area contributed by atoms with Crippen molar-refractivity contribution in [2.24, 2.45) is 5.92 Å². The zero-order valence-corrected chi connectivity index (χ0v) is 16.2. The van der Waals surface area contributed by atoms with Crippen molar-refractivity contribution in [3.8, 4) is 5.75 Å². The molecule has 2 aromatic rings. The lowest BCUT2D eigenvalue weighted by Crippen LogP contribution is -2.60. The van der Waals surface area contributed by atoms with E-state index in [1.165, 1.54) is 31.5 Å². The molecule has 4 aliphatic rings. The molecule has 6 rings (SSSR count). The van der Waals surface area contributed by atoms with E-state index >= 15 is 0 Å². The molecule has 1 aromatic heterocycles. The largest absolute Gasteiger partial charge is 0.496 e. The molecule has 4 aliphatic heterocycles. The molecule has 0 aliphatic carbocycles. The summed E-state index contributed by atoms with van der Waals surface area (Å²) in [6.07, 6.45) is 5.30. The number of fused-ring (bicyclic) bond motifs is 2. The highest BCUT2D eigenvalue weighted by atomic mass is 16.5. The number of para-hydroxylation sites is 1. The highest BCUT2D eigenvalue weighted by molar-refractivity contribution is 5.49. The van der Waals surface area contributed by atoms with Crippen LogP contribution in [0.15, 0.2) is 36.7 Å². The molecule has 0 N–H and O–H groups in total. The third-order valence-electron chi connectivity index (χ3n) is 6.90. The quantitative estimate of drug-likeness (QED) is 0.834. The summed E-state index contributed by atoms with van der Waals surface area (Å²) in [6.45, 7) is 5.62. The first-order valence-corrected chi connectivity index (χ1v) is 10.2. The highest BCUT2D eigenvalue weighted by Crippen LogP contribution is 2.49. The molecular formula is C22H28N4O. The van der Waals surface area contributed by atoms with E-state index < -0.39 is 0 Å². The van der Waals surface area contributed by atoms with Crippen molar-refractivity contribution < 1.29 is 4.74 Å². The van der Waals surface area contributed by atoms with Gasteiger partial charge in [-0.2, -0.15) is 0 Å². The van der Waals surface area contributed by atoms with E-state index in [-0.39, 0.29) is 0 Å². The van der Waals surface area contributed by atoms with E-state index in [2.05, 4.69) is 57.0 Å². The Balaban J connectivity index is 1.57. The number of hydrogen-bond donors (Lipinski definition) is 0. The van der Waals surface area contributed by atoms with Gasteiger partial charge in [0.05, 0.1) is 7.11 Å². The molecule has 3 atom stereocenters. The fourth-order valence-electron chi connectivity index (χ4n) is 5.66. The van der Waals surface area contributed by atoms with Crippen LogP contribution in [0, 0.1) is 5.92 Å². The predicted octanol–water partition coefficient (Wildman–Crippen LogP) is 3.11. The highest BCUT2D eigenvalue weighted by Gasteiger charge is 2.54. The van der Waals surface area contributed by atoms with Crippen LogP contribution in [0.25, 0.3) is 0 Å². The van der Waals surface area contributed by atoms with Gasteiger partial charge in [0.25, 0.3) is 0 Å². The van der Waals surface area contributed by atoms with Crippen LogP contribution in [0.2, 0.25) is 0 Å². The minimum atomic E-state index is 0.453. The first-order valence-electron chi connectivity index (χ1n) is 10.2. The second-order valence-corrected chi connectivity index (χ2v) is 8.08. The van der Waals surface area contributed by atoms with Crippen molar-refractivity contribution in [2.45, 2.75) is 44.2 Å². The number of benzene rings is 1. The van der Waals surface area contributed by atoms with Crippen LogP contribution in [0.3, 0.4) is 0 Å². The summed E-state index contributed by atoms with van der Waals surface area (Å²) in [6, 6.07) is 11.9. The summed E-state index contributed by atoms with van der Waals surface area (Å²) in [7, 11) is 1.79. The molecule has 1 aromatic carbocycles. The molecule has 2 bridgehead atoms. The summed E-state index contributed by atoms with van der Waals surface area (Å²) in [5.74, 6) is 3.33. The van der Waals surface area contributed by atoms with Gasteiger partial charge < -0.3 is 9.64 Å². The lowest BCUT2D eigenvalue weighted by molar-refractivity contribution is 0.0352. The normalized spacial score (nSPS) is 31.8. The van der Waals surface area contributed by atoms with E-state index in [1.807, 2.05) is 0 Å². The smallest absolute Gasteiger partial charge is 0.132 e. The molecular weight excluding hydrogens is 336 g/mol. The minimum absolute atomic E-state index is 0.453. The van der Waals surface area contributed by atoms with Crippen molar-refractivity contribution in [1.82, 2.24) is 14.9 Å². The molecule has 5 nitrogen and oxygen atoms in total. The predicted molar refractivity (Wildman–Crippen MR) is 106 cm³/mol. The zero-order valence-electron chi connectivity index (χ0n) is 16.2. The molecule has 0 spiro atoms. The summed E-state index contributed by atoms with van der Waals surface area (Å²) in [5, 5.41) is 0. The number of aromatic nitrogens is 2. The van der Waals surface area contributed by atoms with Gasteiger partial charge in [0, 0.05) is 41.9 Å². The van der Waals surface area contributed by atoms with E-state index in [4.69, 9.17) is 4.74 Å². The maximum absolute atomic E-state index is 5.73. The Morgan fingerprint density at radius 2 is 1.93 bits per heavy atom. The summed E-state index contributed by atoms with van der Waals surface area (Å²) in [5.41, 5.74) is 2.47. The maximum atomic E-state index is 5.73. The number of hydrogen-bond acceptors (Lipinski definition) is 5. The Labute approximate surface area is 161 Å². The van der Waals surface area contributed by atoms with Gasteiger partial charge >= 0.3 is 0 Å². The van der Waals surface area contributed by atoms with Gasteiger partial charge in [-0.3, -0.25) is 4.90 Å². The lowest BCUT2D eigenvalue weighted by atomic mass is 9.75. The third kappa shape index (κ3) is 2.71. The number of nitrogens with zero attached hydrogens (tertiary/aromatic N) is 4. The average molecular weight is 364 g/mol. The van der Waals surface area contributed by atoms with Gasteiger partial charge in [-0.1, -0.05) is 25.1 Å². The Morgan fingerprint density at radius 3 is 2.70 bits per heavy atom. The molecule has 0 amide bonds. The molecule has 0 unspecified atom stereocenters. The number of rotatable bonds is 4. The number of piperidine rings is 3. The van der Waals surface area contributed by atoms with Gasteiger partial charge in [0.1, 0.15) is 17.9 Å². The van der Waals surface area contributed by atoms with Gasteiger partial charge in [-0.05, 0) is 44.3 Å². The Kier molecular flexibility index (Phi) is 4.27. The standard InChI is InChI=1S/C22H28N4O/c1-3-16-12-20(24-14-23-16)26-13-18(17-6-4-5-7-19(17)27-2)22-21(26)15-8-10-25(22)11-9-15/h4-7,12,14-15,18,21-22H,3,8-11,13H2,1-2H3/t18-,21-,22-/m1/s1. The van der Waals surface area contributed by atoms with Crippen molar-refractivity contribution in [1.29, 1.82) is 0 Å². The molecule has 0 saturated carbocycles. The molecule has 142 valence electrons. The Morgan fingerprint density at radius 1 is 1.11 bits per heavy atom. The SMILES string of the molecule is CCc1cc(N2C[C@H](c3ccccc3OC)[C@@H]3[C@H]2C2CCN3CC2)ncn1. The van der Waals surface area contributed by atoms with Crippen LogP contribution < -0.4 is 9.64 Å². The average Bonchev–Trinajstić information content (AvgIpc) is 3.17. The summed E-state index contributed by atoms with van der Waals surface area (Å²) < 4.78 is 5.73. The number of ether oxygens (including phenoxy) is 1. The fraction of sp³-hybridized carbons (Fsp3) is 0.545. The third-order valence-corrected chi connectivity index (χ3v) is 6.90. The lowest BCUT2D eigenvalue weighted by Gasteiger charge is -2.51. The van der Waals surface area contributed by atoms with Gasteiger partial charge in [-0.15, -0.1) is 0 Å². The topological polar surface area (TPSA) is 41.5 Å². The van der Waals surface area contributed by atoms with E-state index in [0.717, 1.165) is 36.1 Å². The fourth-order valence-corrected chi connectivity index (χ4v) is 5.66. The van der Waals surface area contributed by atoms with E-state index in [1.54, 1.807) is 13.4 Å². The first-order chi connectivity index (χ1) is 13.3. The Bertz CT molecular complexity index is 817. The Hall–Kier alpha value is -2.14. The minimum Gasteiger partial charge on any atom is -0.496 e. The second-order valence-electron chi connectivity index (χ2n) is 8.08. The second kappa shape index (κ2) is 6.79. The summed E-state index contributed by atoms with van der Waals surface area (Å²) >= 11 is 0. The summed E-state index contributed by atoms with van der Waals surface area (Å²) in [4.78, 5) is 14.4. The zero-order chi connectivity index (χ0) is 18.4. The van der Waals surface area contributed by atoms with Crippen molar-refractivity contribution in [2.75, 3.05) is 31.6 Å². The van der Waals surface area contributed by atoms with Crippen molar-refractivity contribution >= 4 is 5.82 Å². The van der Waals surface area contributed by atoms with E-state index in [0.29, 0.717) is 18.0 Å². The number of aryl methyl sites for hydroxylation is 1. The monoisotopic (exact) mass is 364 g/mol. The van der Waals surface area contributed by atoms with Crippen molar-refractivity contribution in [3.63, 3.8) is 0 Å². The van der Waals surface area contributed by atoms with Crippen LogP contribution in [0.5, 0.6) is 5.75 Å². The number of methoxy groups -OCH3 is 1. The molecule has 27 heavy (non-hydrogen) atoms. The molecule has 5 heterocycles.